The smallest absolute Gasteiger partial charge is 0.257 e. The SMILES string of the molecule is O=C(Nc1cc2cc(-c3cncs3)ccc2cn1)c1ccnc(N2CCOCC2)c1. The fourth-order valence-electron chi connectivity index (χ4n) is 3.43. The van der Waals surface area contributed by atoms with Crippen LogP contribution in [0.15, 0.2) is 60.5 Å². The lowest BCUT2D eigenvalue weighted by Crippen LogP contribution is -2.36. The predicted molar refractivity (Wildman–Crippen MR) is 118 cm³/mol. The molecule has 0 bridgehead atoms. The van der Waals surface area contributed by atoms with Crippen LogP contribution in [0, 0.1) is 0 Å². The molecule has 8 heteroatoms. The number of aromatic nitrogens is 3. The van der Waals surface area contributed by atoms with Gasteiger partial charge in [0.15, 0.2) is 0 Å². The topological polar surface area (TPSA) is 80.2 Å². The van der Waals surface area contributed by atoms with Crippen LogP contribution in [0.4, 0.5) is 11.6 Å². The Morgan fingerprint density at radius 1 is 1.03 bits per heavy atom. The third-order valence-corrected chi connectivity index (χ3v) is 5.85. The van der Waals surface area contributed by atoms with E-state index in [9.17, 15) is 4.79 Å². The van der Waals surface area contributed by atoms with Crippen molar-refractivity contribution >= 4 is 39.7 Å². The second kappa shape index (κ2) is 8.17. The number of fused-ring (bicyclic) bond motifs is 1. The first kappa shape index (κ1) is 18.7. The maximum absolute atomic E-state index is 12.8. The van der Waals surface area contributed by atoms with Crippen LogP contribution in [-0.4, -0.2) is 47.2 Å². The molecule has 3 aromatic heterocycles. The number of nitrogens with one attached hydrogen (secondary N) is 1. The fraction of sp³-hybridized carbons (Fsp3) is 0.182. The quantitative estimate of drug-likeness (QED) is 0.543. The summed E-state index contributed by atoms with van der Waals surface area (Å²) in [5, 5.41) is 4.93. The summed E-state index contributed by atoms with van der Waals surface area (Å²) in [5.74, 6) is 1.09. The normalized spacial score (nSPS) is 14.1. The van der Waals surface area contributed by atoms with Gasteiger partial charge in [-0.25, -0.2) is 9.97 Å². The van der Waals surface area contributed by atoms with Crippen LogP contribution in [0.25, 0.3) is 21.2 Å². The Hall–Kier alpha value is -3.36. The maximum atomic E-state index is 12.8. The number of hydrogen-bond acceptors (Lipinski definition) is 7. The Labute approximate surface area is 177 Å². The molecule has 1 amide bonds. The highest BCUT2D eigenvalue weighted by molar-refractivity contribution is 7.13. The number of pyridine rings is 2. The van der Waals surface area contributed by atoms with Gasteiger partial charge in [-0.05, 0) is 35.2 Å². The van der Waals surface area contributed by atoms with Gasteiger partial charge in [-0.15, -0.1) is 11.3 Å². The van der Waals surface area contributed by atoms with Crippen LogP contribution in [0.3, 0.4) is 0 Å². The van der Waals surface area contributed by atoms with Gasteiger partial charge in [0.2, 0.25) is 0 Å². The molecule has 1 aromatic carbocycles. The Bertz CT molecular complexity index is 1190. The highest BCUT2D eigenvalue weighted by Gasteiger charge is 2.15. The molecule has 7 nitrogen and oxygen atoms in total. The minimum atomic E-state index is -0.211. The number of rotatable bonds is 4. The highest BCUT2D eigenvalue weighted by atomic mass is 32.1. The third-order valence-electron chi connectivity index (χ3n) is 5.02. The fourth-order valence-corrected chi connectivity index (χ4v) is 4.05. The van der Waals surface area contributed by atoms with Crippen molar-refractivity contribution in [1.29, 1.82) is 0 Å². The summed E-state index contributed by atoms with van der Waals surface area (Å²) in [6.45, 7) is 2.88. The largest absolute Gasteiger partial charge is 0.378 e. The Morgan fingerprint density at radius 3 is 2.77 bits per heavy atom. The number of benzene rings is 1. The van der Waals surface area contributed by atoms with E-state index >= 15 is 0 Å². The highest BCUT2D eigenvalue weighted by Crippen LogP contribution is 2.28. The Kier molecular flexibility index (Phi) is 5.08. The molecule has 0 aliphatic carbocycles. The zero-order chi connectivity index (χ0) is 20.3. The van der Waals surface area contributed by atoms with Crippen molar-refractivity contribution in [3.05, 3.63) is 66.1 Å². The molecule has 0 atom stereocenters. The number of carbonyl (C=O) groups is 1. The van der Waals surface area contributed by atoms with Crippen LogP contribution in [0.2, 0.25) is 0 Å². The lowest BCUT2D eigenvalue weighted by molar-refractivity contribution is 0.102. The van der Waals surface area contributed by atoms with Gasteiger partial charge >= 0.3 is 0 Å². The van der Waals surface area contributed by atoms with Gasteiger partial charge in [-0.1, -0.05) is 12.1 Å². The summed E-state index contributed by atoms with van der Waals surface area (Å²) < 4.78 is 5.39. The zero-order valence-electron chi connectivity index (χ0n) is 16.1. The van der Waals surface area contributed by atoms with Crippen LogP contribution in [-0.2, 0) is 4.74 Å². The van der Waals surface area contributed by atoms with Crippen LogP contribution >= 0.6 is 11.3 Å². The summed E-state index contributed by atoms with van der Waals surface area (Å²) in [6, 6.07) is 11.6. The molecule has 1 saturated heterocycles. The number of thiazole rings is 1. The molecule has 0 saturated carbocycles. The van der Waals surface area contributed by atoms with E-state index in [0.29, 0.717) is 24.6 Å². The van der Waals surface area contributed by atoms with Crippen molar-refractivity contribution in [2.24, 2.45) is 0 Å². The molecular formula is C22H19N5O2S. The molecule has 1 N–H and O–H groups in total. The summed E-state index contributed by atoms with van der Waals surface area (Å²) in [6.07, 6.45) is 5.28. The maximum Gasteiger partial charge on any atom is 0.257 e. The van der Waals surface area contributed by atoms with E-state index in [1.165, 1.54) is 0 Å². The van der Waals surface area contributed by atoms with Crippen molar-refractivity contribution in [3.8, 4) is 10.4 Å². The van der Waals surface area contributed by atoms with Crippen molar-refractivity contribution < 1.29 is 9.53 Å². The van der Waals surface area contributed by atoms with Gasteiger partial charge in [0.1, 0.15) is 11.6 Å². The molecule has 1 aliphatic rings. The van der Waals surface area contributed by atoms with Gasteiger partial charge in [-0.3, -0.25) is 9.78 Å². The van der Waals surface area contributed by atoms with Crippen molar-refractivity contribution in [1.82, 2.24) is 15.0 Å². The standard InChI is InChI=1S/C22H19N5O2S/c28-22(16-3-4-24-21(11-16)27-5-7-29-8-6-27)26-20-10-18-9-15(19-13-23-14-30-19)1-2-17(18)12-25-20/h1-4,9-14H,5-8H2,(H,25,26,28). The van der Waals surface area contributed by atoms with Crippen molar-refractivity contribution in [2.45, 2.75) is 0 Å². The summed E-state index contributed by atoms with van der Waals surface area (Å²) in [7, 11) is 0. The number of amides is 1. The summed E-state index contributed by atoms with van der Waals surface area (Å²) >= 11 is 1.60. The second-order valence-corrected chi connectivity index (χ2v) is 7.84. The molecule has 0 spiro atoms. The molecule has 1 fully saturated rings. The summed E-state index contributed by atoms with van der Waals surface area (Å²) in [5.41, 5.74) is 3.46. The first-order valence-corrected chi connectivity index (χ1v) is 10.5. The number of carbonyl (C=O) groups excluding carboxylic acids is 1. The molecule has 150 valence electrons. The van der Waals surface area contributed by atoms with Crippen LogP contribution < -0.4 is 10.2 Å². The molecule has 5 rings (SSSR count). The van der Waals surface area contributed by atoms with E-state index in [1.54, 1.807) is 29.8 Å². The average molecular weight is 417 g/mol. The second-order valence-electron chi connectivity index (χ2n) is 6.95. The van der Waals surface area contributed by atoms with E-state index in [-0.39, 0.29) is 5.91 Å². The first-order valence-electron chi connectivity index (χ1n) is 9.65. The van der Waals surface area contributed by atoms with Crippen molar-refractivity contribution in [3.63, 3.8) is 0 Å². The lowest BCUT2D eigenvalue weighted by atomic mass is 10.1. The Morgan fingerprint density at radius 2 is 1.93 bits per heavy atom. The van der Waals surface area contributed by atoms with Gasteiger partial charge in [0.25, 0.3) is 5.91 Å². The number of morpholine rings is 1. The van der Waals surface area contributed by atoms with E-state index < -0.39 is 0 Å². The van der Waals surface area contributed by atoms with Crippen LogP contribution in [0.1, 0.15) is 10.4 Å². The molecule has 30 heavy (non-hydrogen) atoms. The monoisotopic (exact) mass is 417 g/mol. The molecule has 4 heterocycles. The van der Waals surface area contributed by atoms with Gasteiger partial charge in [0.05, 0.1) is 23.6 Å². The van der Waals surface area contributed by atoms with E-state index in [2.05, 4.69) is 37.3 Å². The average Bonchev–Trinajstić information content (AvgIpc) is 3.34. The number of nitrogens with zero attached hydrogens (tertiary/aromatic N) is 4. The minimum absolute atomic E-state index is 0.211. The van der Waals surface area contributed by atoms with Gasteiger partial charge in [-0.2, -0.15) is 0 Å². The van der Waals surface area contributed by atoms with Crippen molar-refractivity contribution in [2.75, 3.05) is 36.5 Å². The number of anilines is 2. The number of hydrogen-bond donors (Lipinski definition) is 1. The molecular weight excluding hydrogens is 398 g/mol. The lowest BCUT2D eigenvalue weighted by Gasteiger charge is -2.27. The van der Waals surface area contributed by atoms with E-state index in [4.69, 9.17) is 4.74 Å². The van der Waals surface area contributed by atoms with Gasteiger partial charge in [0, 0.05) is 42.6 Å². The Balaban J connectivity index is 1.37. The predicted octanol–water partition coefficient (Wildman–Crippen LogP) is 3.84. The number of ether oxygens (including phenoxy) is 1. The minimum Gasteiger partial charge on any atom is -0.378 e. The van der Waals surface area contributed by atoms with Crippen LogP contribution in [0.5, 0.6) is 0 Å². The summed E-state index contributed by atoms with van der Waals surface area (Å²) in [4.78, 5) is 29.0. The molecule has 0 radical (unpaired) electrons. The molecule has 4 aromatic rings. The third kappa shape index (κ3) is 3.87. The zero-order valence-corrected chi connectivity index (χ0v) is 16.9. The molecule has 0 unspecified atom stereocenters. The van der Waals surface area contributed by atoms with E-state index in [0.717, 1.165) is 40.1 Å². The first-order chi connectivity index (χ1) is 14.8. The van der Waals surface area contributed by atoms with E-state index in [1.807, 2.05) is 29.9 Å². The van der Waals surface area contributed by atoms with Gasteiger partial charge < -0.3 is 15.0 Å². The molecule has 1 aliphatic heterocycles.